The summed E-state index contributed by atoms with van der Waals surface area (Å²) in [6.45, 7) is 12.2. The van der Waals surface area contributed by atoms with Crippen molar-refractivity contribution >= 4 is 8.07 Å². The van der Waals surface area contributed by atoms with Crippen molar-refractivity contribution in [2.24, 2.45) is 17.8 Å². The fraction of sp³-hybridized carbons (Fsp3) is 0.857. The molecule has 4 fully saturated rings. The van der Waals surface area contributed by atoms with Crippen LogP contribution in [0.25, 0.3) is 0 Å². The van der Waals surface area contributed by atoms with Gasteiger partial charge in [-0.2, -0.15) is 0 Å². The van der Waals surface area contributed by atoms with E-state index in [-0.39, 0.29) is 0 Å². The third kappa shape index (κ3) is 1.25. The first-order chi connectivity index (χ1) is 6.91. The van der Waals surface area contributed by atoms with E-state index in [0.717, 1.165) is 22.8 Å². The van der Waals surface area contributed by atoms with Crippen molar-refractivity contribution in [3.05, 3.63) is 12.2 Å². The average Bonchev–Trinajstić information content (AvgIpc) is 2.10. The summed E-state index contributed by atoms with van der Waals surface area (Å²) in [7, 11) is -0.979. The molecule has 4 saturated carbocycles. The largest absolute Gasteiger partial charge is 0.0993 e. The van der Waals surface area contributed by atoms with Gasteiger partial charge in [0.2, 0.25) is 0 Å². The van der Waals surface area contributed by atoms with Crippen molar-refractivity contribution in [3.8, 4) is 0 Å². The molecule has 0 nitrogen and oxygen atoms in total. The van der Waals surface area contributed by atoms with Gasteiger partial charge in [0, 0.05) is 0 Å². The first-order valence-corrected chi connectivity index (χ1v) is 10.1. The number of allylic oxidation sites excluding steroid dienone is 1. The van der Waals surface area contributed by atoms with E-state index in [1.807, 2.05) is 0 Å². The van der Waals surface area contributed by atoms with Crippen molar-refractivity contribution in [3.63, 3.8) is 0 Å². The third-order valence-corrected chi connectivity index (χ3v) is 9.62. The molecule has 0 amide bonds. The van der Waals surface area contributed by atoms with Crippen LogP contribution in [0.5, 0.6) is 0 Å². The van der Waals surface area contributed by atoms with Crippen molar-refractivity contribution in [1.82, 2.24) is 0 Å². The highest BCUT2D eigenvalue weighted by Gasteiger charge is 2.57. The van der Waals surface area contributed by atoms with Crippen LogP contribution in [0.2, 0.25) is 24.7 Å². The van der Waals surface area contributed by atoms with Crippen molar-refractivity contribution < 1.29 is 0 Å². The van der Waals surface area contributed by atoms with E-state index in [0.29, 0.717) is 0 Å². The lowest BCUT2D eigenvalue weighted by Gasteiger charge is -2.62. The molecule has 84 valence electrons. The molecule has 2 unspecified atom stereocenters. The van der Waals surface area contributed by atoms with Crippen LogP contribution in [-0.2, 0) is 0 Å². The van der Waals surface area contributed by atoms with Gasteiger partial charge in [-0.15, -0.1) is 0 Å². The lowest BCUT2D eigenvalue weighted by Crippen LogP contribution is -2.53. The van der Waals surface area contributed by atoms with E-state index in [1.54, 1.807) is 12.0 Å². The Morgan fingerprint density at radius 1 is 1.07 bits per heavy atom. The fourth-order valence-corrected chi connectivity index (χ4v) is 7.42. The molecule has 4 aliphatic carbocycles. The molecule has 0 aromatic heterocycles. The van der Waals surface area contributed by atoms with Crippen LogP contribution >= 0.6 is 0 Å². The SMILES string of the molecule is C=C1C2CC3CC1CC([Si](C)(C)C)(C3)C2. The lowest BCUT2D eigenvalue weighted by molar-refractivity contribution is 0.0760. The standard InChI is InChI=1S/C14H24Si/c1-10-12-5-11-6-13(10)9-14(7-11,8-12)15(2,3)4/h11-13H,1,5-9H2,2-4H3. The summed E-state index contributed by atoms with van der Waals surface area (Å²) >= 11 is 0. The molecule has 4 bridgehead atoms. The topological polar surface area (TPSA) is 0 Å². The maximum atomic E-state index is 4.38. The Hall–Kier alpha value is -0.0431. The molecule has 0 heterocycles. The molecule has 0 aliphatic heterocycles. The van der Waals surface area contributed by atoms with Crippen molar-refractivity contribution in [2.45, 2.75) is 56.8 Å². The summed E-state index contributed by atoms with van der Waals surface area (Å²) in [6, 6.07) is 0. The summed E-state index contributed by atoms with van der Waals surface area (Å²) in [6.07, 6.45) is 7.56. The summed E-state index contributed by atoms with van der Waals surface area (Å²) in [5.74, 6) is 2.91. The van der Waals surface area contributed by atoms with Gasteiger partial charge in [0.25, 0.3) is 0 Å². The molecule has 4 rings (SSSR count). The van der Waals surface area contributed by atoms with E-state index in [4.69, 9.17) is 0 Å². The molecule has 15 heavy (non-hydrogen) atoms. The van der Waals surface area contributed by atoms with Crippen molar-refractivity contribution in [1.29, 1.82) is 0 Å². The minimum atomic E-state index is -0.979. The molecule has 2 atom stereocenters. The van der Waals surface area contributed by atoms with Gasteiger partial charge in [0.15, 0.2) is 0 Å². The van der Waals surface area contributed by atoms with Crippen molar-refractivity contribution in [2.75, 3.05) is 0 Å². The Morgan fingerprint density at radius 2 is 1.60 bits per heavy atom. The molecule has 0 spiro atoms. The minimum absolute atomic E-state index is 0.796. The number of rotatable bonds is 1. The highest BCUT2D eigenvalue weighted by Crippen LogP contribution is 2.68. The second-order valence-electron chi connectivity index (χ2n) is 7.45. The molecule has 0 aromatic carbocycles. The number of hydrogen-bond donors (Lipinski definition) is 0. The van der Waals surface area contributed by atoms with Gasteiger partial charge in [0.1, 0.15) is 0 Å². The zero-order valence-corrected chi connectivity index (χ0v) is 11.5. The Bertz CT molecular complexity index is 292. The third-order valence-electron chi connectivity index (χ3n) is 5.83. The Morgan fingerprint density at radius 3 is 2.07 bits per heavy atom. The normalized spacial score (nSPS) is 48.7. The van der Waals surface area contributed by atoms with Gasteiger partial charge in [-0.05, 0) is 54.9 Å². The van der Waals surface area contributed by atoms with E-state index < -0.39 is 8.07 Å². The van der Waals surface area contributed by atoms with Gasteiger partial charge >= 0.3 is 0 Å². The monoisotopic (exact) mass is 220 g/mol. The van der Waals surface area contributed by atoms with Crippen LogP contribution in [0, 0.1) is 17.8 Å². The molecular formula is C14H24Si. The van der Waals surface area contributed by atoms with Crippen LogP contribution in [0.1, 0.15) is 32.1 Å². The smallest absolute Gasteiger partial charge is 0.0506 e. The van der Waals surface area contributed by atoms with E-state index in [2.05, 4.69) is 26.2 Å². The molecule has 0 radical (unpaired) electrons. The van der Waals surface area contributed by atoms with Gasteiger partial charge < -0.3 is 0 Å². The molecule has 0 aromatic rings. The first kappa shape index (κ1) is 10.1. The lowest BCUT2D eigenvalue weighted by atomic mass is 9.54. The predicted molar refractivity (Wildman–Crippen MR) is 68.7 cm³/mol. The summed E-state index contributed by atoms with van der Waals surface area (Å²) in [5.41, 5.74) is 1.64. The van der Waals surface area contributed by atoms with E-state index in [9.17, 15) is 0 Å². The minimum Gasteiger partial charge on any atom is -0.0993 e. The predicted octanol–water partition coefficient (Wildman–Crippen LogP) is 4.46. The van der Waals surface area contributed by atoms with Gasteiger partial charge in [0.05, 0.1) is 8.07 Å². The van der Waals surface area contributed by atoms with Crippen LogP contribution in [-0.4, -0.2) is 8.07 Å². The highest BCUT2D eigenvalue weighted by molar-refractivity contribution is 6.79. The van der Waals surface area contributed by atoms with Gasteiger partial charge in [-0.25, -0.2) is 0 Å². The number of hydrogen-bond acceptors (Lipinski definition) is 0. The zero-order valence-electron chi connectivity index (χ0n) is 10.5. The molecule has 1 heteroatoms. The van der Waals surface area contributed by atoms with E-state index in [1.165, 1.54) is 25.7 Å². The molecule has 0 saturated heterocycles. The van der Waals surface area contributed by atoms with Gasteiger partial charge in [-0.1, -0.05) is 31.8 Å². The molecule has 0 N–H and O–H groups in total. The first-order valence-electron chi connectivity index (χ1n) is 6.60. The second kappa shape index (κ2) is 2.79. The Labute approximate surface area is 95.2 Å². The van der Waals surface area contributed by atoms with Crippen LogP contribution in [0.4, 0.5) is 0 Å². The Kier molecular flexibility index (Phi) is 1.89. The highest BCUT2D eigenvalue weighted by atomic mass is 28.3. The van der Waals surface area contributed by atoms with Crippen LogP contribution in [0.3, 0.4) is 0 Å². The van der Waals surface area contributed by atoms with Crippen LogP contribution in [0.15, 0.2) is 12.2 Å². The summed E-state index contributed by atoms with van der Waals surface area (Å²) < 4.78 is 0. The second-order valence-corrected chi connectivity index (χ2v) is 13.0. The van der Waals surface area contributed by atoms with Crippen LogP contribution < -0.4 is 0 Å². The quantitative estimate of drug-likeness (QED) is 0.452. The van der Waals surface area contributed by atoms with E-state index >= 15 is 0 Å². The maximum Gasteiger partial charge on any atom is 0.0506 e. The summed E-state index contributed by atoms with van der Waals surface area (Å²) in [4.78, 5) is 0. The van der Waals surface area contributed by atoms with Gasteiger partial charge in [-0.3, -0.25) is 0 Å². The fourth-order valence-electron chi connectivity index (χ4n) is 4.80. The average molecular weight is 220 g/mol. The zero-order chi connectivity index (χ0) is 10.8. The summed E-state index contributed by atoms with van der Waals surface area (Å²) in [5, 5.41) is 0.796. The maximum absolute atomic E-state index is 4.38. The Balaban J connectivity index is 1.99. The molecular weight excluding hydrogens is 196 g/mol. The molecule has 4 aliphatic rings.